The Morgan fingerprint density at radius 3 is 2.83 bits per heavy atom. The van der Waals surface area contributed by atoms with Crippen molar-refractivity contribution >= 4 is 35.3 Å². The lowest BCUT2D eigenvalue weighted by atomic mass is 10.2. The molecule has 0 heterocycles. The van der Waals surface area contributed by atoms with Crippen molar-refractivity contribution in [3.63, 3.8) is 0 Å². The van der Waals surface area contributed by atoms with E-state index in [1.165, 1.54) is 36.5 Å². The fourth-order valence-electron chi connectivity index (χ4n) is 1.60. The van der Waals surface area contributed by atoms with Crippen LogP contribution in [-0.2, 0) is 4.79 Å². The third-order valence-corrected chi connectivity index (χ3v) is 3.15. The van der Waals surface area contributed by atoms with Crippen LogP contribution in [-0.4, -0.2) is 23.8 Å². The van der Waals surface area contributed by atoms with Gasteiger partial charge in [-0.2, -0.15) is 5.10 Å². The number of carbonyl (C=O) groups is 1. The maximum absolute atomic E-state index is 13.3. The number of phenolic OH excluding ortho intramolecular Hbond substituents is 1. The van der Waals surface area contributed by atoms with Crippen molar-refractivity contribution < 1.29 is 19.0 Å². The van der Waals surface area contributed by atoms with Gasteiger partial charge in [0.2, 0.25) is 0 Å². The number of hydrogen-bond donors (Lipinski definition) is 2. The monoisotopic (exact) mass is 356 g/mol. The van der Waals surface area contributed by atoms with Crippen LogP contribution >= 0.6 is 23.2 Å². The number of rotatable bonds is 5. The van der Waals surface area contributed by atoms with Crippen LogP contribution in [0.4, 0.5) is 4.39 Å². The number of nitrogens with one attached hydrogen (secondary N) is 1. The minimum atomic E-state index is -0.600. The molecule has 0 aromatic heterocycles. The number of amides is 1. The maximum Gasteiger partial charge on any atom is 0.277 e. The number of hydrazone groups is 1. The number of halogens is 3. The van der Waals surface area contributed by atoms with E-state index in [1.807, 2.05) is 0 Å². The first kappa shape index (κ1) is 17.1. The Hall–Kier alpha value is -2.31. The number of phenols is 1. The van der Waals surface area contributed by atoms with Gasteiger partial charge in [-0.25, -0.2) is 9.82 Å². The molecule has 1 amide bonds. The van der Waals surface area contributed by atoms with Crippen molar-refractivity contribution in [2.75, 3.05) is 6.61 Å². The van der Waals surface area contributed by atoms with Crippen molar-refractivity contribution in [2.24, 2.45) is 5.10 Å². The Balaban J connectivity index is 1.91. The van der Waals surface area contributed by atoms with Gasteiger partial charge in [0.05, 0.1) is 11.2 Å². The summed E-state index contributed by atoms with van der Waals surface area (Å²) in [7, 11) is 0. The lowest BCUT2D eigenvalue weighted by molar-refractivity contribution is -0.123. The van der Waals surface area contributed by atoms with E-state index in [0.29, 0.717) is 5.02 Å². The average Bonchev–Trinajstić information content (AvgIpc) is 2.51. The second-order valence-electron chi connectivity index (χ2n) is 4.34. The highest BCUT2D eigenvalue weighted by molar-refractivity contribution is 6.36. The Morgan fingerprint density at radius 1 is 1.35 bits per heavy atom. The van der Waals surface area contributed by atoms with E-state index in [9.17, 15) is 14.3 Å². The van der Waals surface area contributed by atoms with Gasteiger partial charge >= 0.3 is 0 Å². The number of carbonyl (C=O) groups excluding carboxylic acids is 1. The molecule has 0 bridgehead atoms. The molecule has 2 rings (SSSR count). The van der Waals surface area contributed by atoms with Crippen molar-refractivity contribution in [1.29, 1.82) is 0 Å². The summed E-state index contributed by atoms with van der Waals surface area (Å²) in [6, 6.07) is 8.51. The van der Waals surface area contributed by atoms with Crippen molar-refractivity contribution in [1.82, 2.24) is 5.43 Å². The summed E-state index contributed by atoms with van der Waals surface area (Å²) in [6.45, 7) is -0.416. The SMILES string of the molecule is O=C(COc1ccccc1F)N/N=C/c1cc(Cl)cc(Cl)c1O. The molecular formula is C15H11Cl2FN2O3. The second kappa shape index (κ2) is 7.80. The van der Waals surface area contributed by atoms with Gasteiger partial charge in [-0.15, -0.1) is 0 Å². The zero-order chi connectivity index (χ0) is 16.8. The zero-order valence-electron chi connectivity index (χ0n) is 11.6. The first-order valence-electron chi connectivity index (χ1n) is 6.34. The van der Waals surface area contributed by atoms with Gasteiger partial charge in [0.25, 0.3) is 5.91 Å². The molecule has 0 atom stereocenters. The van der Waals surface area contributed by atoms with Gasteiger partial charge in [0.15, 0.2) is 18.2 Å². The number of nitrogens with zero attached hydrogens (tertiary/aromatic N) is 1. The third kappa shape index (κ3) is 4.84. The van der Waals surface area contributed by atoms with Crippen LogP contribution < -0.4 is 10.2 Å². The van der Waals surface area contributed by atoms with Crippen LogP contribution in [0.2, 0.25) is 10.0 Å². The van der Waals surface area contributed by atoms with Gasteiger partial charge in [-0.1, -0.05) is 35.3 Å². The molecule has 23 heavy (non-hydrogen) atoms. The minimum Gasteiger partial charge on any atom is -0.506 e. The molecule has 0 aliphatic carbocycles. The molecule has 0 spiro atoms. The molecular weight excluding hydrogens is 346 g/mol. The van der Waals surface area contributed by atoms with Crippen molar-refractivity contribution in [3.05, 3.63) is 57.8 Å². The van der Waals surface area contributed by atoms with Gasteiger partial charge < -0.3 is 9.84 Å². The highest BCUT2D eigenvalue weighted by atomic mass is 35.5. The van der Waals surface area contributed by atoms with Crippen LogP contribution in [0, 0.1) is 5.82 Å². The number of hydrogen-bond acceptors (Lipinski definition) is 4. The lowest BCUT2D eigenvalue weighted by Gasteiger charge is -2.05. The standard InChI is InChI=1S/C15H11Cl2FN2O3/c16-10-5-9(15(22)11(17)6-10)7-19-20-14(21)8-23-13-4-2-1-3-12(13)18/h1-7,22H,8H2,(H,20,21)/b19-7+. The third-order valence-electron chi connectivity index (χ3n) is 2.65. The van der Waals surface area contributed by atoms with Gasteiger partial charge in [-0.05, 0) is 24.3 Å². The molecule has 2 N–H and O–H groups in total. The van der Waals surface area contributed by atoms with Crippen LogP contribution in [0.25, 0.3) is 0 Å². The highest BCUT2D eigenvalue weighted by Gasteiger charge is 2.07. The average molecular weight is 357 g/mol. The Bertz CT molecular complexity index is 753. The summed E-state index contributed by atoms with van der Waals surface area (Å²) in [6.07, 6.45) is 1.17. The molecule has 8 heteroatoms. The van der Waals surface area contributed by atoms with Crippen molar-refractivity contribution in [3.8, 4) is 11.5 Å². The fourth-order valence-corrected chi connectivity index (χ4v) is 2.10. The van der Waals surface area contributed by atoms with E-state index in [1.54, 1.807) is 6.07 Å². The van der Waals surface area contributed by atoms with Gasteiger partial charge in [-0.3, -0.25) is 4.79 Å². The molecule has 0 aliphatic rings. The first-order chi connectivity index (χ1) is 11.0. The predicted molar refractivity (Wildman–Crippen MR) is 85.8 cm³/mol. The number of ether oxygens (including phenoxy) is 1. The molecule has 120 valence electrons. The summed E-state index contributed by atoms with van der Waals surface area (Å²) < 4.78 is 18.3. The van der Waals surface area contributed by atoms with Crippen LogP contribution in [0.5, 0.6) is 11.5 Å². The molecule has 0 radical (unpaired) electrons. The molecule has 0 fully saturated rings. The summed E-state index contributed by atoms with van der Waals surface area (Å²) >= 11 is 11.5. The van der Waals surface area contributed by atoms with E-state index < -0.39 is 18.3 Å². The van der Waals surface area contributed by atoms with E-state index in [-0.39, 0.29) is 22.1 Å². The summed E-state index contributed by atoms with van der Waals surface area (Å²) in [5.41, 5.74) is 2.41. The number of aromatic hydroxyl groups is 1. The molecule has 5 nitrogen and oxygen atoms in total. The van der Waals surface area contributed by atoms with Crippen LogP contribution in [0.15, 0.2) is 41.5 Å². The van der Waals surface area contributed by atoms with Crippen molar-refractivity contribution in [2.45, 2.75) is 0 Å². The molecule has 0 aliphatic heterocycles. The first-order valence-corrected chi connectivity index (χ1v) is 7.10. The quantitative estimate of drug-likeness (QED) is 0.637. The summed E-state index contributed by atoms with van der Waals surface area (Å²) in [5.74, 6) is -1.41. The number of para-hydroxylation sites is 1. The summed E-state index contributed by atoms with van der Waals surface area (Å²) in [4.78, 5) is 11.5. The molecule has 0 unspecified atom stereocenters. The van der Waals surface area contributed by atoms with Gasteiger partial charge in [0, 0.05) is 10.6 Å². The van der Waals surface area contributed by atoms with E-state index >= 15 is 0 Å². The largest absolute Gasteiger partial charge is 0.506 e. The fraction of sp³-hybridized carbons (Fsp3) is 0.0667. The normalized spacial score (nSPS) is 10.7. The number of benzene rings is 2. The van der Waals surface area contributed by atoms with Crippen LogP contribution in [0.3, 0.4) is 0 Å². The highest BCUT2D eigenvalue weighted by Crippen LogP contribution is 2.29. The minimum absolute atomic E-state index is 0.0362. The van der Waals surface area contributed by atoms with E-state index in [0.717, 1.165) is 0 Å². The van der Waals surface area contributed by atoms with E-state index in [2.05, 4.69) is 10.5 Å². The molecule has 2 aromatic rings. The Morgan fingerprint density at radius 2 is 2.09 bits per heavy atom. The van der Waals surface area contributed by atoms with Gasteiger partial charge in [0.1, 0.15) is 5.75 Å². The molecule has 2 aromatic carbocycles. The maximum atomic E-state index is 13.3. The molecule has 0 saturated heterocycles. The zero-order valence-corrected chi connectivity index (χ0v) is 13.1. The Kier molecular flexibility index (Phi) is 5.78. The van der Waals surface area contributed by atoms with E-state index in [4.69, 9.17) is 27.9 Å². The molecule has 0 saturated carbocycles. The topological polar surface area (TPSA) is 70.9 Å². The predicted octanol–water partition coefficient (Wildman–Crippen LogP) is 3.37. The Labute approximate surface area is 141 Å². The smallest absolute Gasteiger partial charge is 0.277 e. The lowest BCUT2D eigenvalue weighted by Crippen LogP contribution is -2.24. The summed E-state index contributed by atoms with van der Waals surface area (Å²) in [5, 5.41) is 13.7. The van der Waals surface area contributed by atoms with Crippen LogP contribution in [0.1, 0.15) is 5.56 Å². The second-order valence-corrected chi connectivity index (χ2v) is 5.18.